The zero-order valence-electron chi connectivity index (χ0n) is 11.0. The van der Waals surface area contributed by atoms with Crippen LogP contribution in [-0.4, -0.2) is 11.1 Å². The first-order valence-electron chi connectivity index (χ1n) is 5.93. The van der Waals surface area contributed by atoms with E-state index < -0.39 is 0 Å². The fraction of sp³-hybridized carbons (Fsp3) is 0.385. The van der Waals surface area contributed by atoms with Crippen LogP contribution in [0, 0.1) is 13.8 Å². The van der Waals surface area contributed by atoms with Crippen LogP contribution in [0.25, 0.3) is 0 Å². The Morgan fingerprint density at radius 3 is 2.79 bits per heavy atom. The van der Waals surface area contributed by atoms with Crippen LogP contribution in [0.3, 0.4) is 0 Å². The Hall–Kier alpha value is -1.33. The van der Waals surface area contributed by atoms with E-state index in [2.05, 4.69) is 10.5 Å². The van der Waals surface area contributed by atoms with Gasteiger partial charge in [-0.2, -0.15) is 0 Å². The molecule has 0 radical (unpaired) electrons. The van der Waals surface area contributed by atoms with Gasteiger partial charge < -0.3 is 9.84 Å². The fourth-order valence-electron chi connectivity index (χ4n) is 1.84. The molecule has 1 N–H and O–H groups in total. The van der Waals surface area contributed by atoms with Crippen LogP contribution in [0.1, 0.15) is 34.9 Å². The molecule has 0 bridgehead atoms. The minimum atomic E-state index is -0.0505. The molecule has 1 amide bonds. The Balaban J connectivity index is 1.98. The first kappa shape index (κ1) is 14.1. The number of amides is 1. The molecule has 19 heavy (non-hydrogen) atoms. The van der Waals surface area contributed by atoms with Crippen molar-refractivity contribution in [1.29, 1.82) is 0 Å². The third kappa shape index (κ3) is 3.36. The second-order valence-electron chi connectivity index (χ2n) is 4.41. The lowest BCUT2D eigenvalue weighted by Crippen LogP contribution is -2.27. The highest BCUT2D eigenvalue weighted by Gasteiger charge is 2.16. The summed E-state index contributed by atoms with van der Waals surface area (Å²) in [5, 5.41) is 6.79. The van der Waals surface area contributed by atoms with Crippen LogP contribution >= 0.6 is 22.9 Å². The van der Waals surface area contributed by atoms with Gasteiger partial charge in [-0.1, -0.05) is 16.8 Å². The van der Waals surface area contributed by atoms with Crippen molar-refractivity contribution in [1.82, 2.24) is 10.5 Å². The first-order valence-corrected chi connectivity index (χ1v) is 7.13. The summed E-state index contributed by atoms with van der Waals surface area (Å²) in [4.78, 5) is 13.0. The lowest BCUT2D eigenvalue weighted by atomic mass is 10.1. The molecule has 0 aliphatic carbocycles. The van der Waals surface area contributed by atoms with Gasteiger partial charge in [0, 0.05) is 10.4 Å². The number of nitrogens with zero attached hydrogens (tertiary/aromatic N) is 1. The molecular formula is C13H15ClN2O2S. The molecule has 0 fully saturated rings. The molecule has 0 aliphatic heterocycles. The number of thiophene rings is 1. The molecule has 2 aromatic rings. The van der Waals surface area contributed by atoms with Gasteiger partial charge in [0.05, 0.1) is 22.5 Å². The van der Waals surface area contributed by atoms with Gasteiger partial charge in [0.2, 0.25) is 5.91 Å². The number of halogens is 1. The highest BCUT2D eigenvalue weighted by atomic mass is 35.5. The summed E-state index contributed by atoms with van der Waals surface area (Å²) < 4.78 is 5.77. The van der Waals surface area contributed by atoms with Crippen molar-refractivity contribution in [3.05, 3.63) is 38.4 Å². The van der Waals surface area contributed by atoms with Crippen LogP contribution in [-0.2, 0) is 11.2 Å². The number of aromatic nitrogens is 1. The molecular weight excluding hydrogens is 284 g/mol. The average molecular weight is 299 g/mol. The van der Waals surface area contributed by atoms with Crippen LogP contribution in [0.5, 0.6) is 0 Å². The second kappa shape index (κ2) is 5.75. The van der Waals surface area contributed by atoms with Crippen LogP contribution in [0.2, 0.25) is 4.34 Å². The molecule has 1 atom stereocenters. The Labute approximate surface area is 120 Å². The van der Waals surface area contributed by atoms with E-state index in [-0.39, 0.29) is 18.4 Å². The molecule has 2 rings (SSSR count). The zero-order valence-corrected chi connectivity index (χ0v) is 12.6. The number of carbonyl (C=O) groups excluding carboxylic acids is 1. The summed E-state index contributed by atoms with van der Waals surface area (Å²) in [5.41, 5.74) is 1.62. The number of aryl methyl sites for hydroxylation is 2. The van der Waals surface area contributed by atoms with Crippen molar-refractivity contribution in [2.75, 3.05) is 0 Å². The Bertz CT molecular complexity index is 572. The standard InChI is InChI=1S/C13H15ClN2O2S/c1-7-10(9(3)18-16-7)6-13(17)15-8(2)11-4-5-12(14)19-11/h4-5,8H,6H2,1-3H3,(H,15,17)/t8-/m0/s1. The van der Waals surface area contributed by atoms with Gasteiger partial charge in [-0.05, 0) is 32.9 Å². The van der Waals surface area contributed by atoms with Crippen LogP contribution in [0.4, 0.5) is 0 Å². The van der Waals surface area contributed by atoms with Gasteiger partial charge in [0.1, 0.15) is 5.76 Å². The molecule has 0 saturated heterocycles. The van der Waals surface area contributed by atoms with Crippen molar-refractivity contribution in [3.8, 4) is 0 Å². The summed E-state index contributed by atoms with van der Waals surface area (Å²) in [6.07, 6.45) is 0.282. The summed E-state index contributed by atoms with van der Waals surface area (Å²) in [6.45, 7) is 5.58. The third-order valence-electron chi connectivity index (χ3n) is 2.92. The fourth-order valence-corrected chi connectivity index (χ4v) is 2.90. The zero-order chi connectivity index (χ0) is 14.0. The van der Waals surface area contributed by atoms with Crippen molar-refractivity contribution in [3.63, 3.8) is 0 Å². The number of hydrogen-bond donors (Lipinski definition) is 1. The average Bonchev–Trinajstić information content (AvgIpc) is 2.90. The summed E-state index contributed by atoms with van der Waals surface area (Å²) in [5.74, 6) is 0.644. The predicted octanol–water partition coefficient (Wildman–Crippen LogP) is 3.43. The maximum absolute atomic E-state index is 12.0. The van der Waals surface area contributed by atoms with E-state index in [1.165, 1.54) is 11.3 Å². The van der Waals surface area contributed by atoms with Gasteiger partial charge >= 0.3 is 0 Å². The number of hydrogen-bond acceptors (Lipinski definition) is 4. The van der Waals surface area contributed by atoms with Crippen LogP contribution < -0.4 is 5.32 Å². The van der Waals surface area contributed by atoms with E-state index in [1.54, 1.807) is 0 Å². The Morgan fingerprint density at radius 1 is 1.53 bits per heavy atom. The highest BCUT2D eigenvalue weighted by Crippen LogP contribution is 2.26. The topological polar surface area (TPSA) is 55.1 Å². The second-order valence-corrected chi connectivity index (χ2v) is 6.16. The first-order chi connectivity index (χ1) is 8.97. The molecule has 0 spiro atoms. The van der Waals surface area contributed by atoms with E-state index in [9.17, 15) is 4.79 Å². The van der Waals surface area contributed by atoms with Crippen molar-refractivity contribution in [2.24, 2.45) is 0 Å². The smallest absolute Gasteiger partial charge is 0.225 e. The minimum Gasteiger partial charge on any atom is -0.361 e. The van der Waals surface area contributed by atoms with Gasteiger partial charge in [0.15, 0.2) is 0 Å². The van der Waals surface area contributed by atoms with E-state index in [4.69, 9.17) is 16.1 Å². The molecule has 0 aliphatic rings. The molecule has 0 unspecified atom stereocenters. The molecule has 102 valence electrons. The summed E-state index contributed by atoms with van der Waals surface area (Å²) in [7, 11) is 0. The lowest BCUT2D eigenvalue weighted by Gasteiger charge is -2.11. The number of nitrogens with one attached hydrogen (secondary N) is 1. The molecule has 0 aromatic carbocycles. The van der Waals surface area contributed by atoms with Crippen molar-refractivity contribution < 1.29 is 9.32 Å². The molecule has 2 aromatic heterocycles. The van der Waals surface area contributed by atoms with E-state index >= 15 is 0 Å². The predicted molar refractivity (Wildman–Crippen MR) is 75.6 cm³/mol. The van der Waals surface area contributed by atoms with Gasteiger partial charge in [-0.25, -0.2) is 0 Å². The van der Waals surface area contributed by atoms with Gasteiger partial charge in [-0.3, -0.25) is 4.79 Å². The van der Waals surface area contributed by atoms with Crippen molar-refractivity contribution in [2.45, 2.75) is 33.2 Å². The summed E-state index contributed by atoms with van der Waals surface area (Å²) in [6, 6.07) is 3.71. The quantitative estimate of drug-likeness (QED) is 0.941. The van der Waals surface area contributed by atoms with Gasteiger partial charge in [-0.15, -0.1) is 11.3 Å². The normalized spacial score (nSPS) is 12.4. The van der Waals surface area contributed by atoms with Crippen molar-refractivity contribution >= 4 is 28.8 Å². The number of rotatable bonds is 4. The summed E-state index contributed by atoms with van der Waals surface area (Å²) >= 11 is 7.35. The van der Waals surface area contributed by atoms with E-state index in [1.807, 2.05) is 32.9 Å². The minimum absolute atomic E-state index is 0.0496. The molecule has 0 saturated carbocycles. The largest absolute Gasteiger partial charge is 0.361 e. The van der Waals surface area contributed by atoms with Crippen LogP contribution in [0.15, 0.2) is 16.7 Å². The SMILES string of the molecule is Cc1noc(C)c1CC(=O)N[C@@H](C)c1ccc(Cl)s1. The maximum atomic E-state index is 12.0. The lowest BCUT2D eigenvalue weighted by molar-refractivity contribution is -0.121. The van der Waals surface area contributed by atoms with E-state index in [0.717, 1.165) is 20.5 Å². The molecule has 2 heterocycles. The maximum Gasteiger partial charge on any atom is 0.225 e. The Morgan fingerprint density at radius 2 is 2.26 bits per heavy atom. The Kier molecular flexibility index (Phi) is 4.27. The third-order valence-corrected chi connectivity index (χ3v) is 4.33. The highest BCUT2D eigenvalue weighted by molar-refractivity contribution is 7.16. The number of carbonyl (C=O) groups is 1. The van der Waals surface area contributed by atoms with Gasteiger partial charge in [0.25, 0.3) is 0 Å². The monoisotopic (exact) mass is 298 g/mol. The molecule has 6 heteroatoms. The van der Waals surface area contributed by atoms with E-state index in [0.29, 0.717) is 5.76 Å². The molecule has 4 nitrogen and oxygen atoms in total.